The van der Waals surface area contributed by atoms with Crippen molar-refractivity contribution in [1.29, 1.82) is 0 Å². The Hall–Kier alpha value is -4.31. The maximum Gasteiger partial charge on any atom is 0.247 e. The van der Waals surface area contributed by atoms with Crippen LogP contribution < -0.4 is 16.4 Å². The molecule has 3 heterocycles. The van der Waals surface area contributed by atoms with E-state index in [0.717, 1.165) is 16.8 Å². The normalized spacial score (nSPS) is 12.8. The van der Waals surface area contributed by atoms with E-state index >= 15 is 0 Å². The fourth-order valence-corrected chi connectivity index (χ4v) is 6.44. The third kappa shape index (κ3) is 2.34. The van der Waals surface area contributed by atoms with Crippen LogP contribution in [-0.2, 0) is 0 Å². The molecule has 5 aromatic carbocycles. The highest BCUT2D eigenvalue weighted by atomic mass is 15.2. The molecule has 0 amide bonds. The Bertz CT molecular complexity index is 1970. The summed E-state index contributed by atoms with van der Waals surface area (Å²) in [4.78, 5) is 5.19. The average molecular weight is 447 g/mol. The summed E-state index contributed by atoms with van der Waals surface area (Å²) >= 11 is 0. The van der Waals surface area contributed by atoms with E-state index in [1.54, 1.807) is 0 Å². The summed E-state index contributed by atoms with van der Waals surface area (Å²) in [6, 6.07) is 35.3. The van der Waals surface area contributed by atoms with Crippen molar-refractivity contribution in [2.45, 2.75) is 13.8 Å². The zero-order chi connectivity index (χ0) is 23.3. The molecule has 0 N–H and O–H groups in total. The lowest BCUT2D eigenvalue weighted by Gasteiger charge is -2.31. The molecule has 2 aromatic heterocycles. The molecule has 0 bridgehead atoms. The molecular weight excluding hydrogens is 425 g/mol. The first kappa shape index (κ1) is 19.0. The lowest BCUT2D eigenvalue weighted by atomic mass is 9.34. The SMILES string of the molecule is Cc1cccc(C)c1B1c2ccccc2-n2c3c1ccc1cccc(c13)n1c3ccccc3nc21. The molecule has 0 saturated carbocycles. The Morgan fingerprint density at radius 1 is 0.657 bits per heavy atom. The molecule has 35 heavy (non-hydrogen) atoms. The molecule has 0 radical (unpaired) electrons. The predicted octanol–water partition coefficient (Wildman–Crippen LogP) is 5.03. The van der Waals surface area contributed by atoms with E-state index in [2.05, 4.69) is 120 Å². The fraction of sp³-hybridized carbons (Fsp3) is 0.0645. The van der Waals surface area contributed by atoms with Gasteiger partial charge in [-0.25, -0.2) is 4.98 Å². The number of hydrogen-bond acceptors (Lipinski definition) is 1. The number of benzene rings is 5. The zero-order valence-electron chi connectivity index (χ0n) is 19.7. The maximum absolute atomic E-state index is 5.19. The second kappa shape index (κ2) is 6.64. The molecule has 0 fully saturated rings. The van der Waals surface area contributed by atoms with Gasteiger partial charge in [0.2, 0.25) is 12.5 Å². The molecule has 4 heteroatoms. The van der Waals surface area contributed by atoms with Crippen molar-refractivity contribution in [2.75, 3.05) is 0 Å². The van der Waals surface area contributed by atoms with Crippen LogP contribution in [0.15, 0.2) is 97.1 Å². The van der Waals surface area contributed by atoms with Gasteiger partial charge in [-0.2, -0.15) is 0 Å². The van der Waals surface area contributed by atoms with Crippen LogP contribution in [0.2, 0.25) is 0 Å². The predicted molar refractivity (Wildman–Crippen MR) is 148 cm³/mol. The summed E-state index contributed by atoms with van der Waals surface area (Å²) in [7, 11) is 0. The molecule has 164 valence electrons. The first-order valence-corrected chi connectivity index (χ1v) is 12.2. The average Bonchev–Trinajstić information content (AvgIpc) is 3.27. The Balaban J connectivity index is 1.68. The topological polar surface area (TPSA) is 22.2 Å². The van der Waals surface area contributed by atoms with Crippen LogP contribution in [0.5, 0.6) is 0 Å². The molecule has 0 saturated heterocycles. The van der Waals surface area contributed by atoms with Crippen molar-refractivity contribution < 1.29 is 0 Å². The first-order valence-electron chi connectivity index (χ1n) is 12.2. The fourth-order valence-electron chi connectivity index (χ4n) is 6.44. The number of fused-ring (bicyclic) bond motifs is 7. The summed E-state index contributed by atoms with van der Waals surface area (Å²) in [5, 5.41) is 2.56. The highest BCUT2D eigenvalue weighted by Gasteiger charge is 2.35. The number of aryl methyl sites for hydroxylation is 2. The van der Waals surface area contributed by atoms with E-state index in [4.69, 9.17) is 4.98 Å². The van der Waals surface area contributed by atoms with Crippen LogP contribution in [0.25, 0.3) is 44.3 Å². The summed E-state index contributed by atoms with van der Waals surface area (Å²) in [6.07, 6.45) is 0. The van der Waals surface area contributed by atoms with Crippen LogP contribution in [-0.4, -0.2) is 20.7 Å². The summed E-state index contributed by atoms with van der Waals surface area (Å²) in [5.41, 5.74) is 12.6. The Morgan fingerprint density at radius 3 is 2.29 bits per heavy atom. The largest absolute Gasteiger partial charge is 0.281 e. The van der Waals surface area contributed by atoms with Crippen LogP contribution >= 0.6 is 0 Å². The minimum atomic E-state index is 0.173. The zero-order valence-corrected chi connectivity index (χ0v) is 19.7. The number of rotatable bonds is 1. The third-order valence-corrected chi connectivity index (χ3v) is 7.87. The van der Waals surface area contributed by atoms with E-state index in [0.29, 0.717) is 0 Å². The van der Waals surface area contributed by atoms with E-state index < -0.39 is 0 Å². The minimum absolute atomic E-state index is 0.173. The van der Waals surface area contributed by atoms with Crippen LogP contribution in [0, 0.1) is 13.8 Å². The van der Waals surface area contributed by atoms with Crippen molar-refractivity contribution in [3.8, 4) is 5.69 Å². The quantitative estimate of drug-likeness (QED) is 0.324. The van der Waals surface area contributed by atoms with Gasteiger partial charge >= 0.3 is 0 Å². The van der Waals surface area contributed by atoms with Gasteiger partial charge in [-0.1, -0.05) is 89.4 Å². The molecule has 1 aliphatic heterocycles. The van der Waals surface area contributed by atoms with Crippen molar-refractivity contribution in [3.63, 3.8) is 0 Å². The number of para-hydroxylation sites is 3. The minimum Gasteiger partial charge on any atom is -0.281 e. The first-order chi connectivity index (χ1) is 17.2. The Labute approximate surface area is 203 Å². The van der Waals surface area contributed by atoms with Gasteiger partial charge < -0.3 is 0 Å². The van der Waals surface area contributed by atoms with Gasteiger partial charge in [0.1, 0.15) is 0 Å². The van der Waals surface area contributed by atoms with Crippen molar-refractivity contribution in [2.24, 2.45) is 0 Å². The number of hydrogen-bond donors (Lipinski definition) is 0. The molecule has 0 atom stereocenters. The Morgan fingerprint density at radius 2 is 1.40 bits per heavy atom. The number of imidazole rings is 1. The monoisotopic (exact) mass is 447 g/mol. The van der Waals surface area contributed by atoms with Gasteiger partial charge in [-0.3, -0.25) is 8.97 Å². The third-order valence-electron chi connectivity index (χ3n) is 7.87. The van der Waals surface area contributed by atoms with E-state index in [-0.39, 0.29) is 6.71 Å². The van der Waals surface area contributed by atoms with E-state index in [1.807, 2.05) is 0 Å². The number of aromatic nitrogens is 3. The van der Waals surface area contributed by atoms with Crippen LogP contribution in [0.1, 0.15) is 11.1 Å². The summed E-state index contributed by atoms with van der Waals surface area (Å²) < 4.78 is 4.74. The van der Waals surface area contributed by atoms with Crippen LogP contribution in [0.4, 0.5) is 0 Å². The highest BCUT2D eigenvalue weighted by Crippen LogP contribution is 2.34. The van der Waals surface area contributed by atoms with Gasteiger partial charge in [-0.15, -0.1) is 0 Å². The molecule has 1 aliphatic rings. The van der Waals surface area contributed by atoms with Crippen molar-refractivity contribution in [1.82, 2.24) is 14.0 Å². The second-order valence-corrected chi connectivity index (χ2v) is 9.75. The maximum atomic E-state index is 5.19. The summed E-state index contributed by atoms with van der Waals surface area (Å²) in [6.45, 7) is 4.66. The van der Waals surface area contributed by atoms with Crippen molar-refractivity contribution >= 4 is 61.7 Å². The van der Waals surface area contributed by atoms with Gasteiger partial charge in [-0.05, 0) is 54.4 Å². The van der Waals surface area contributed by atoms with E-state index in [9.17, 15) is 0 Å². The van der Waals surface area contributed by atoms with Gasteiger partial charge in [0.15, 0.2) is 0 Å². The smallest absolute Gasteiger partial charge is 0.247 e. The van der Waals surface area contributed by atoms with Gasteiger partial charge in [0.05, 0.1) is 22.1 Å². The molecule has 8 rings (SSSR count). The standard InChI is InChI=1S/C31H22BN3/c1-19-9-7-10-20(2)29(19)32-22-12-3-5-14-25(22)35-30-23(32)18-17-21-11-8-16-27(28(21)30)34-26-15-6-4-13-24(26)33-31(34)35/h3-18H,1-2H3. The molecule has 7 aromatic rings. The molecule has 0 unspecified atom stereocenters. The molecular formula is C31H22BN3. The molecule has 0 spiro atoms. The second-order valence-electron chi connectivity index (χ2n) is 9.75. The summed E-state index contributed by atoms with van der Waals surface area (Å²) in [5.74, 6) is 0.964. The highest BCUT2D eigenvalue weighted by molar-refractivity contribution is 6.98. The number of nitrogens with zero attached hydrogens (tertiary/aromatic N) is 3. The lowest BCUT2D eigenvalue weighted by molar-refractivity contribution is 1.07. The lowest BCUT2D eigenvalue weighted by Crippen LogP contribution is -2.57. The van der Waals surface area contributed by atoms with Crippen molar-refractivity contribution in [3.05, 3.63) is 108 Å². The van der Waals surface area contributed by atoms with Crippen LogP contribution in [0.3, 0.4) is 0 Å². The van der Waals surface area contributed by atoms with Gasteiger partial charge in [0, 0.05) is 11.1 Å². The van der Waals surface area contributed by atoms with Gasteiger partial charge in [0.25, 0.3) is 0 Å². The molecule has 0 aliphatic carbocycles. The molecule has 3 nitrogen and oxygen atoms in total. The van der Waals surface area contributed by atoms with E-state index in [1.165, 1.54) is 55.0 Å². The Kier molecular flexibility index (Phi) is 3.61.